The molecule has 0 aliphatic carbocycles. The van der Waals surface area contributed by atoms with Gasteiger partial charge in [0.15, 0.2) is 0 Å². The monoisotopic (exact) mass is 555 g/mol. The van der Waals surface area contributed by atoms with Crippen LogP contribution >= 0.6 is 7.92 Å². The van der Waals surface area contributed by atoms with Crippen molar-refractivity contribution in [1.29, 1.82) is 0 Å². The fourth-order valence-electron chi connectivity index (χ4n) is 3.91. The van der Waals surface area contributed by atoms with E-state index in [0.29, 0.717) is 36.5 Å². The van der Waals surface area contributed by atoms with Crippen molar-refractivity contribution in [3.05, 3.63) is 47.8 Å². The Bertz CT molecular complexity index is 1250. The van der Waals surface area contributed by atoms with E-state index in [1.165, 1.54) is 15.9 Å². The molecular formula is C27H34N5O6P. The fourth-order valence-corrected chi connectivity index (χ4v) is 4.19. The SMILES string of the molecule is CCCCOC(=O)N1CCN(C(=O)[C@H](C#P=O)NC(=O)c2cc(CCC(C)O)nc(-c3ccccc3)n2)CC1. The molecule has 2 aromatic rings. The number of amides is 3. The summed E-state index contributed by atoms with van der Waals surface area (Å²) in [7, 11) is -0.541. The van der Waals surface area contributed by atoms with Crippen molar-refractivity contribution < 1.29 is 28.8 Å². The van der Waals surface area contributed by atoms with Crippen LogP contribution in [0.5, 0.6) is 0 Å². The average molecular weight is 556 g/mol. The number of rotatable bonds is 10. The Morgan fingerprint density at radius 1 is 1.13 bits per heavy atom. The fraction of sp³-hybridized carbons (Fsp3) is 0.481. The summed E-state index contributed by atoms with van der Waals surface area (Å²) >= 11 is 0. The molecule has 1 saturated heterocycles. The maximum atomic E-state index is 13.2. The molecule has 1 aliphatic heterocycles. The quantitative estimate of drug-likeness (QED) is 0.337. The molecule has 39 heavy (non-hydrogen) atoms. The van der Waals surface area contributed by atoms with Gasteiger partial charge in [-0.25, -0.2) is 0 Å². The van der Waals surface area contributed by atoms with E-state index in [4.69, 9.17) is 4.74 Å². The van der Waals surface area contributed by atoms with Gasteiger partial charge < -0.3 is 0 Å². The summed E-state index contributed by atoms with van der Waals surface area (Å²) in [4.78, 5) is 50.6. The minimum atomic E-state index is -1.28. The van der Waals surface area contributed by atoms with Crippen LogP contribution in [0.1, 0.15) is 49.3 Å². The molecule has 2 atom stereocenters. The second-order valence-electron chi connectivity index (χ2n) is 9.23. The van der Waals surface area contributed by atoms with Gasteiger partial charge in [-0.15, -0.1) is 0 Å². The number of hydrogen-bond acceptors (Lipinski definition) is 8. The van der Waals surface area contributed by atoms with Crippen molar-refractivity contribution in [3.8, 4) is 17.0 Å². The first-order chi connectivity index (χ1) is 18.8. The molecule has 0 radical (unpaired) electrons. The number of nitrogens with zero attached hydrogens (tertiary/aromatic N) is 4. The van der Waals surface area contributed by atoms with E-state index in [2.05, 4.69) is 20.9 Å². The van der Waals surface area contributed by atoms with Crippen molar-refractivity contribution in [2.24, 2.45) is 0 Å². The first kappa shape index (κ1) is 30.0. The summed E-state index contributed by atoms with van der Waals surface area (Å²) in [5.41, 5.74) is 3.77. The molecule has 1 aliphatic rings. The molecule has 1 aromatic heterocycles. The first-order valence-corrected chi connectivity index (χ1v) is 13.8. The average Bonchev–Trinajstić information content (AvgIpc) is 2.96. The van der Waals surface area contributed by atoms with E-state index in [9.17, 15) is 24.1 Å². The number of hydrogen-bond donors (Lipinski definition) is 2. The molecule has 1 aromatic carbocycles. The molecule has 0 saturated carbocycles. The molecule has 1 fully saturated rings. The number of nitrogens with one attached hydrogen (secondary N) is 1. The summed E-state index contributed by atoms with van der Waals surface area (Å²) in [6.45, 7) is 5.07. The molecule has 2 N–H and O–H groups in total. The molecule has 208 valence electrons. The van der Waals surface area contributed by atoms with Crippen molar-refractivity contribution >= 4 is 25.8 Å². The molecule has 0 spiro atoms. The van der Waals surface area contributed by atoms with Crippen LogP contribution in [0.15, 0.2) is 36.4 Å². The van der Waals surface area contributed by atoms with E-state index < -0.39 is 38.0 Å². The summed E-state index contributed by atoms with van der Waals surface area (Å²) < 4.78 is 16.6. The van der Waals surface area contributed by atoms with Crippen LogP contribution in [0.3, 0.4) is 0 Å². The van der Waals surface area contributed by atoms with E-state index >= 15 is 0 Å². The van der Waals surface area contributed by atoms with E-state index in [-0.39, 0.29) is 31.9 Å². The van der Waals surface area contributed by atoms with E-state index in [1.807, 2.05) is 37.3 Å². The summed E-state index contributed by atoms with van der Waals surface area (Å²) in [5, 5.41) is 12.3. The number of unbranched alkanes of at least 4 members (excludes halogenated alkanes) is 1. The van der Waals surface area contributed by atoms with Crippen LogP contribution in [0.4, 0.5) is 4.79 Å². The third-order valence-corrected chi connectivity index (χ3v) is 6.50. The Morgan fingerprint density at radius 2 is 1.82 bits per heavy atom. The van der Waals surface area contributed by atoms with Crippen LogP contribution < -0.4 is 5.32 Å². The van der Waals surface area contributed by atoms with Crippen LogP contribution in [-0.2, 0) is 20.5 Å². The normalized spacial score (nSPS) is 14.6. The third-order valence-electron chi connectivity index (χ3n) is 6.14. The Morgan fingerprint density at radius 3 is 2.46 bits per heavy atom. The molecule has 3 amide bonds. The zero-order valence-electron chi connectivity index (χ0n) is 22.2. The van der Waals surface area contributed by atoms with Crippen molar-refractivity contribution in [3.63, 3.8) is 0 Å². The van der Waals surface area contributed by atoms with Gasteiger partial charge in [-0.3, -0.25) is 0 Å². The van der Waals surface area contributed by atoms with Gasteiger partial charge in [0.05, 0.1) is 0 Å². The molecule has 12 heteroatoms. The molecule has 0 bridgehead atoms. The van der Waals surface area contributed by atoms with Gasteiger partial charge in [0.1, 0.15) is 0 Å². The Balaban J connectivity index is 1.72. The topological polar surface area (TPSA) is 142 Å². The van der Waals surface area contributed by atoms with Gasteiger partial charge in [0.2, 0.25) is 0 Å². The number of ether oxygens (including phenoxy) is 1. The predicted molar refractivity (Wildman–Crippen MR) is 145 cm³/mol. The Kier molecular flexibility index (Phi) is 11.7. The molecule has 11 nitrogen and oxygen atoms in total. The zero-order valence-corrected chi connectivity index (χ0v) is 23.1. The van der Waals surface area contributed by atoms with Crippen LogP contribution in [0.25, 0.3) is 11.4 Å². The van der Waals surface area contributed by atoms with Crippen molar-refractivity contribution in [2.75, 3.05) is 32.8 Å². The number of benzene rings is 1. The Labute approximate surface area is 229 Å². The zero-order chi connectivity index (χ0) is 28.2. The number of aliphatic hydroxyl groups is 1. The third kappa shape index (κ3) is 9.03. The maximum absolute atomic E-state index is 13.2. The number of aromatic nitrogens is 2. The molecule has 1 unspecified atom stereocenters. The number of aliphatic hydroxyl groups excluding tert-OH is 1. The van der Waals surface area contributed by atoms with Gasteiger partial charge >= 0.3 is 222 Å². The molecular weight excluding hydrogens is 521 g/mol. The molecule has 3 rings (SSSR count). The summed E-state index contributed by atoms with van der Waals surface area (Å²) in [5.74, 6) is -0.804. The molecule has 2 heterocycles. The minimum absolute atomic E-state index is 0.0336. The Hall–Kier alpha value is -3.52. The van der Waals surface area contributed by atoms with Crippen LogP contribution in [0.2, 0.25) is 0 Å². The van der Waals surface area contributed by atoms with Crippen LogP contribution in [-0.4, -0.2) is 87.7 Å². The van der Waals surface area contributed by atoms with Crippen molar-refractivity contribution in [2.45, 2.75) is 51.7 Å². The van der Waals surface area contributed by atoms with Gasteiger partial charge in [0, 0.05) is 0 Å². The van der Waals surface area contributed by atoms with Crippen molar-refractivity contribution in [1.82, 2.24) is 25.1 Å². The predicted octanol–water partition coefficient (Wildman–Crippen LogP) is 2.89. The van der Waals surface area contributed by atoms with Gasteiger partial charge in [-0.2, -0.15) is 0 Å². The number of aryl methyl sites for hydroxylation is 1. The van der Waals surface area contributed by atoms with Crippen LogP contribution in [0, 0.1) is 5.63 Å². The van der Waals surface area contributed by atoms with E-state index in [0.717, 1.165) is 12.8 Å². The van der Waals surface area contributed by atoms with E-state index in [1.54, 1.807) is 6.92 Å². The second-order valence-corrected chi connectivity index (χ2v) is 9.67. The number of piperazine rings is 1. The first-order valence-electron chi connectivity index (χ1n) is 13.0. The number of carbonyl (C=O) groups excluding carboxylic acids is 3. The van der Waals surface area contributed by atoms with Gasteiger partial charge in [-0.1, -0.05) is 6.92 Å². The summed E-state index contributed by atoms with van der Waals surface area (Å²) in [6.07, 6.45) is 1.61. The van der Waals surface area contributed by atoms with Gasteiger partial charge in [-0.05, 0) is 0 Å². The van der Waals surface area contributed by atoms with Gasteiger partial charge in [0.25, 0.3) is 0 Å². The summed E-state index contributed by atoms with van der Waals surface area (Å²) in [6, 6.07) is 9.39. The second kappa shape index (κ2) is 15.2. The standard InChI is InChI=1S/C27H34N5O6P/c1-3-4-16-38-27(36)32-14-12-31(13-15-32)26(35)23(18-39-37)30-25(34)22-17-21(11-10-19(2)33)28-24(29-22)20-8-6-5-7-9-20/h5-9,17,19,23,33H,3-4,10-16H2,1-2H3,(H,30,34)/t19?,23-/m0/s1. The number of carbonyl (C=O) groups is 3.